The van der Waals surface area contributed by atoms with Gasteiger partial charge in [0.05, 0.1) is 6.04 Å². The molecular formula is C13H13F2NS. The molecule has 1 aromatic heterocycles. The molecule has 2 aromatic rings. The summed E-state index contributed by atoms with van der Waals surface area (Å²) in [5.41, 5.74) is 7.49. The minimum Gasteiger partial charge on any atom is -0.320 e. The lowest BCUT2D eigenvalue weighted by Gasteiger charge is -2.13. The van der Waals surface area contributed by atoms with Gasteiger partial charge < -0.3 is 5.73 Å². The van der Waals surface area contributed by atoms with E-state index in [9.17, 15) is 8.78 Å². The van der Waals surface area contributed by atoms with Crippen molar-refractivity contribution in [2.45, 2.75) is 19.9 Å². The molecule has 0 spiro atoms. The van der Waals surface area contributed by atoms with Crippen molar-refractivity contribution in [2.75, 3.05) is 0 Å². The first-order valence-corrected chi connectivity index (χ1v) is 6.13. The Morgan fingerprint density at radius 3 is 2.41 bits per heavy atom. The molecule has 0 aliphatic rings. The lowest BCUT2D eigenvalue weighted by atomic mass is 10.0. The number of hydrogen-bond donors (Lipinski definition) is 1. The number of nitrogens with two attached hydrogens (primary N) is 1. The molecular weight excluding hydrogens is 240 g/mol. The van der Waals surface area contributed by atoms with E-state index in [1.54, 1.807) is 0 Å². The van der Waals surface area contributed by atoms with Crippen molar-refractivity contribution in [3.05, 3.63) is 56.8 Å². The molecule has 1 atom stereocenters. The fraction of sp³-hybridized carbons (Fsp3) is 0.231. The monoisotopic (exact) mass is 253 g/mol. The van der Waals surface area contributed by atoms with Gasteiger partial charge in [0.2, 0.25) is 0 Å². The summed E-state index contributed by atoms with van der Waals surface area (Å²) in [6.07, 6.45) is 0. The zero-order valence-corrected chi connectivity index (χ0v) is 10.4. The topological polar surface area (TPSA) is 26.0 Å². The van der Waals surface area contributed by atoms with Gasteiger partial charge in [0.25, 0.3) is 0 Å². The van der Waals surface area contributed by atoms with Crippen LogP contribution < -0.4 is 5.73 Å². The maximum atomic E-state index is 13.8. The van der Waals surface area contributed by atoms with Gasteiger partial charge in [0.1, 0.15) is 11.6 Å². The van der Waals surface area contributed by atoms with E-state index in [0.717, 1.165) is 10.4 Å². The van der Waals surface area contributed by atoms with Crippen LogP contribution in [0.2, 0.25) is 0 Å². The number of hydrogen-bond acceptors (Lipinski definition) is 2. The largest absolute Gasteiger partial charge is 0.320 e. The van der Waals surface area contributed by atoms with E-state index >= 15 is 0 Å². The number of rotatable bonds is 2. The van der Waals surface area contributed by atoms with Gasteiger partial charge in [-0.05, 0) is 48.6 Å². The molecule has 0 saturated heterocycles. The zero-order valence-electron chi connectivity index (χ0n) is 9.63. The van der Waals surface area contributed by atoms with Gasteiger partial charge >= 0.3 is 0 Å². The van der Waals surface area contributed by atoms with Crippen LogP contribution in [0.4, 0.5) is 8.78 Å². The number of benzene rings is 1. The van der Waals surface area contributed by atoms with Gasteiger partial charge in [-0.3, -0.25) is 0 Å². The second kappa shape index (κ2) is 4.55. The Bertz CT molecular complexity index is 548. The molecule has 1 heterocycles. The normalized spacial score (nSPS) is 12.8. The van der Waals surface area contributed by atoms with Gasteiger partial charge in [-0.25, -0.2) is 8.78 Å². The standard InChI is InChI=1S/C13H13F2NS/c1-7-3-4-17-13(7)12(16)9-6-10(14)8(2)5-11(9)15/h3-6,12H,16H2,1-2H3. The van der Waals surface area contributed by atoms with Gasteiger partial charge in [-0.1, -0.05) is 0 Å². The number of aryl methyl sites for hydroxylation is 2. The fourth-order valence-corrected chi connectivity index (χ4v) is 2.69. The van der Waals surface area contributed by atoms with Crippen molar-refractivity contribution in [2.24, 2.45) is 5.73 Å². The maximum absolute atomic E-state index is 13.8. The highest BCUT2D eigenvalue weighted by Crippen LogP contribution is 2.29. The van der Waals surface area contributed by atoms with Crippen LogP contribution in [0.3, 0.4) is 0 Å². The summed E-state index contributed by atoms with van der Waals surface area (Å²) in [6.45, 7) is 3.44. The van der Waals surface area contributed by atoms with Crippen molar-refractivity contribution < 1.29 is 8.78 Å². The fourth-order valence-electron chi connectivity index (χ4n) is 1.74. The van der Waals surface area contributed by atoms with Crippen molar-refractivity contribution >= 4 is 11.3 Å². The second-order valence-corrected chi connectivity index (χ2v) is 5.02. The first-order valence-electron chi connectivity index (χ1n) is 5.26. The Balaban J connectivity index is 2.48. The third kappa shape index (κ3) is 2.23. The van der Waals surface area contributed by atoms with Crippen LogP contribution >= 0.6 is 11.3 Å². The summed E-state index contributed by atoms with van der Waals surface area (Å²) in [7, 11) is 0. The molecule has 0 aliphatic heterocycles. The summed E-state index contributed by atoms with van der Waals surface area (Å²) >= 11 is 1.46. The summed E-state index contributed by atoms with van der Waals surface area (Å²) < 4.78 is 27.2. The van der Waals surface area contributed by atoms with Crippen LogP contribution in [0.5, 0.6) is 0 Å². The second-order valence-electron chi connectivity index (χ2n) is 4.07. The van der Waals surface area contributed by atoms with E-state index < -0.39 is 17.7 Å². The molecule has 2 N–H and O–H groups in total. The van der Waals surface area contributed by atoms with E-state index in [4.69, 9.17) is 5.73 Å². The molecule has 2 rings (SSSR count). The third-order valence-corrected chi connectivity index (χ3v) is 3.90. The van der Waals surface area contributed by atoms with Crippen LogP contribution in [0.25, 0.3) is 0 Å². The highest BCUT2D eigenvalue weighted by atomic mass is 32.1. The van der Waals surface area contributed by atoms with E-state index in [1.807, 2.05) is 18.4 Å². The Kier molecular flexibility index (Phi) is 3.26. The van der Waals surface area contributed by atoms with Crippen molar-refractivity contribution in [1.82, 2.24) is 0 Å². The van der Waals surface area contributed by atoms with Crippen LogP contribution in [-0.2, 0) is 0 Å². The Morgan fingerprint density at radius 1 is 1.12 bits per heavy atom. The minimum atomic E-state index is -0.606. The molecule has 90 valence electrons. The average Bonchev–Trinajstić information content (AvgIpc) is 2.69. The highest BCUT2D eigenvalue weighted by molar-refractivity contribution is 7.10. The molecule has 0 amide bonds. The van der Waals surface area contributed by atoms with E-state index in [-0.39, 0.29) is 5.56 Å². The molecule has 0 radical (unpaired) electrons. The smallest absolute Gasteiger partial charge is 0.128 e. The van der Waals surface area contributed by atoms with E-state index in [1.165, 1.54) is 30.4 Å². The summed E-state index contributed by atoms with van der Waals surface area (Å²) in [5, 5.41) is 1.90. The zero-order chi connectivity index (χ0) is 12.6. The first kappa shape index (κ1) is 12.2. The predicted molar refractivity (Wildman–Crippen MR) is 66.2 cm³/mol. The van der Waals surface area contributed by atoms with E-state index in [0.29, 0.717) is 5.56 Å². The summed E-state index contributed by atoms with van der Waals surface area (Å²) in [5.74, 6) is -0.879. The average molecular weight is 253 g/mol. The first-order chi connectivity index (χ1) is 8.00. The predicted octanol–water partition coefficient (Wildman–Crippen LogP) is 3.69. The lowest BCUT2D eigenvalue weighted by molar-refractivity contribution is 0.571. The van der Waals surface area contributed by atoms with Gasteiger partial charge in [-0.2, -0.15) is 0 Å². The molecule has 1 aromatic carbocycles. The van der Waals surface area contributed by atoms with Crippen molar-refractivity contribution in [1.29, 1.82) is 0 Å². The molecule has 1 nitrogen and oxygen atoms in total. The quantitative estimate of drug-likeness (QED) is 0.867. The van der Waals surface area contributed by atoms with Crippen LogP contribution in [0.1, 0.15) is 27.6 Å². The Labute approximate surface area is 103 Å². The Morgan fingerprint density at radius 2 is 1.82 bits per heavy atom. The highest BCUT2D eigenvalue weighted by Gasteiger charge is 2.18. The molecule has 0 bridgehead atoms. The van der Waals surface area contributed by atoms with Crippen molar-refractivity contribution in [3.63, 3.8) is 0 Å². The van der Waals surface area contributed by atoms with Crippen LogP contribution in [0.15, 0.2) is 23.6 Å². The molecule has 4 heteroatoms. The molecule has 17 heavy (non-hydrogen) atoms. The summed E-state index contributed by atoms with van der Waals surface area (Å²) in [6, 6.07) is 3.69. The summed E-state index contributed by atoms with van der Waals surface area (Å²) in [4.78, 5) is 0.868. The van der Waals surface area contributed by atoms with Crippen LogP contribution in [-0.4, -0.2) is 0 Å². The van der Waals surface area contributed by atoms with E-state index in [2.05, 4.69) is 0 Å². The number of halogens is 2. The van der Waals surface area contributed by atoms with Gasteiger partial charge in [-0.15, -0.1) is 11.3 Å². The number of thiophene rings is 1. The molecule has 1 unspecified atom stereocenters. The third-order valence-electron chi connectivity index (χ3n) is 2.80. The molecule has 0 saturated carbocycles. The van der Waals surface area contributed by atoms with Gasteiger partial charge in [0.15, 0.2) is 0 Å². The minimum absolute atomic E-state index is 0.207. The molecule has 0 fully saturated rings. The SMILES string of the molecule is Cc1cc(F)c(C(N)c2sccc2C)cc1F. The Hall–Kier alpha value is -1.26. The maximum Gasteiger partial charge on any atom is 0.128 e. The molecule has 0 aliphatic carbocycles. The lowest BCUT2D eigenvalue weighted by Crippen LogP contribution is -2.14. The van der Waals surface area contributed by atoms with Gasteiger partial charge in [0, 0.05) is 10.4 Å². The van der Waals surface area contributed by atoms with Crippen LogP contribution in [0, 0.1) is 25.5 Å². The van der Waals surface area contributed by atoms with Crippen molar-refractivity contribution in [3.8, 4) is 0 Å².